The first-order valence-electron chi connectivity index (χ1n) is 16.5. The van der Waals surface area contributed by atoms with Crippen molar-refractivity contribution in [2.75, 3.05) is 0 Å². The molecule has 0 amide bonds. The van der Waals surface area contributed by atoms with Gasteiger partial charge in [0.25, 0.3) is 0 Å². The van der Waals surface area contributed by atoms with E-state index in [2.05, 4.69) is 155 Å². The van der Waals surface area contributed by atoms with Crippen molar-refractivity contribution in [3.05, 3.63) is 146 Å². The second-order valence-corrected chi connectivity index (χ2v) is 12.7. The molecule has 0 N–H and O–H groups in total. The number of nitrogens with zero attached hydrogens (tertiary/aromatic N) is 6. The predicted molar refractivity (Wildman–Crippen MR) is 201 cm³/mol. The molecule has 6 aromatic carbocycles. The van der Waals surface area contributed by atoms with Crippen molar-refractivity contribution in [3.63, 3.8) is 0 Å². The molecule has 6 nitrogen and oxygen atoms in total. The molecular formula is C43H30N6. The van der Waals surface area contributed by atoms with Gasteiger partial charge < -0.3 is 9.13 Å². The maximum atomic E-state index is 5.22. The van der Waals surface area contributed by atoms with Gasteiger partial charge in [0, 0.05) is 47.9 Å². The highest BCUT2D eigenvalue weighted by Crippen LogP contribution is 2.37. The number of hydrogen-bond acceptors (Lipinski definition) is 3. The largest absolute Gasteiger partial charge is 0.327 e. The molecular weight excluding hydrogens is 601 g/mol. The van der Waals surface area contributed by atoms with Crippen LogP contribution in [0.15, 0.2) is 146 Å². The molecule has 232 valence electrons. The maximum absolute atomic E-state index is 5.22. The lowest BCUT2D eigenvalue weighted by atomic mass is 9.98. The van der Waals surface area contributed by atoms with E-state index < -0.39 is 0 Å². The summed E-state index contributed by atoms with van der Waals surface area (Å²) in [5, 5.41) is 4.74. The van der Waals surface area contributed by atoms with Crippen LogP contribution in [-0.2, 0) is 14.1 Å². The lowest BCUT2D eigenvalue weighted by molar-refractivity contribution is 0.958. The Kier molecular flexibility index (Phi) is 5.90. The fourth-order valence-electron chi connectivity index (χ4n) is 7.53. The van der Waals surface area contributed by atoms with Crippen LogP contribution in [0.3, 0.4) is 0 Å². The highest BCUT2D eigenvalue weighted by Gasteiger charge is 2.18. The van der Waals surface area contributed by atoms with Gasteiger partial charge in [0.2, 0.25) is 0 Å². The smallest absolute Gasteiger partial charge is 0.145 e. The minimum atomic E-state index is 0.918. The normalized spacial score (nSPS) is 11.9. The quantitative estimate of drug-likeness (QED) is 0.194. The highest BCUT2D eigenvalue weighted by atomic mass is 15.1. The van der Waals surface area contributed by atoms with Crippen LogP contribution < -0.4 is 0 Å². The zero-order valence-corrected chi connectivity index (χ0v) is 27.0. The number of pyridine rings is 1. The molecule has 0 radical (unpaired) electrons. The summed E-state index contributed by atoms with van der Waals surface area (Å²) in [7, 11) is 4.18. The van der Waals surface area contributed by atoms with Crippen LogP contribution >= 0.6 is 0 Å². The van der Waals surface area contributed by atoms with E-state index in [1.165, 1.54) is 16.3 Å². The molecule has 0 aliphatic carbocycles. The minimum absolute atomic E-state index is 0.918. The van der Waals surface area contributed by atoms with Crippen molar-refractivity contribution in [1.29, 1.82) is 0 Å². The van der Waals surface area contributed by atoms with Crippen LogP contribution in [0.1, 0.15) is 0 Å². The number of fused-ring (bicyclic) bond motifs is 6. The van der Waals surface area contributed by atoms with E-state index in [9.17, 15) is 0 Å². The summed E-state index contributed by atoms with van der Waals surface area (Å²) in [5.41, 5.74) is 11.7. The lowest BCUT2D eigenvalue weighted by Gasteiger charge is -2.10. The average molecular weight is 631 g/mol. The van der Waals surface area contributed by atoms with Crippen LogP contribution in [0, 0.1) is 0 Å². The van der Waals surface area contributed by atoms with Crippen molar-refractivity contribution in [3.8, 4) is 39.6 Å². The zero-order chi connectivity index (χ0) is 32.6. The molecule has 6 heteroatoms. The third-order valence-electron chi connectivity index (χ3n) is 9.92. The van der Waals surface area contributed by atoms with E-state index in [1.54, 1.807) is 0 Å². The van der Waals surface area contributed by atoms with Gasteiger partial charge >= 0.3 is 0 Å². The first kappa shape index (κ1) is 27.6. The molecule has 0 unspecified atom stereocenters. The van der Waals surface area contributed by atoms with Gasteiger partial charge in [0.15, 0.2) is 0 Å². The molecule has 0 spiro atoms. The Hall–Kier alpha value is -6.53. The van der Waals surface area contributed by atoms with Crippen molar-refractivity contribution >= 4 is 54.8 Å². The molecule has 0 aliphatic heterocycles. The number of para-hydroxylation sites is 2. The third-order valence-corrected chi connectivity index (χ3v) is 9.92. The Morgan fingerprint density at radius 1 is 0.469 bits per heavy atom. The number of rotatable bonds is 4. The average Bonchev–Trinajstić information content (AvgIpc) is 3.79. The van der Waals surface area contributed by atoms with Gasteiger partial charge in [-0.25, -0.2) is 15.0 Å². The summed E-state index contributed by atoms with van der Waals surface area (Å²) >= 11 is 0. The molecule has 0 aliphatic rings. The van der Waals surface area contributed by atoms with Gasteiger partial charge in [0.1, 0.15) is 17.3 Å². The van der Waals surface area contributed by atoms with Crippen LogP contribution in [0.25, 0.3) is 94.4 Å². The van der Waals surface area contributed by atoms with E-state index in [0.29, 0.717) is 0 Å². The first-order valence-corrected chi connectivity index (χ1v) is 16.5. The Balaban J connectivity index is 1.13. The summed E-state index contributed by atoms with van der Waals surface area (Å²) in [6.45, 7) is 0. The third kappa shape index (κ3) is 4.17. The topological polar surface area (TPSA) is 53.5 Å². The predicted octanol–water partition coefficient (Wildman–Crippen LogP) is 10.1. The zero-order valence-electron chi connectivity index (χ0n) is 27.0. The molecule has 4 heterocycles. The molecule has 49 heavy (non-hydrogen) atoms. The van der Waals surface area contributed by atoms with Crippen molar-refractivity contribution in [1.82, 2.24) is 28.7 Å². The minimum Gasteiger partial charge on any atom is -0.327 e. The molecule has 0 atom stereocenters. The van der Waals surface area contributed by atoms with Crippen LogP contribution in [0.5, 0.6) is 0 Å². The Morgan fingerprint density at radius 3 is 2.08 bits per heavy atom. The Labute approximate surface area is 282 Å². The SMILES string of the molecule is Cn1c(-c2cccc(-n3c4cc(-c5nc6cc(-c7cccc8ccccc78)ccc6n5C)ccc4c4cccnc43)c2)nc2ccccc21. The highest BCUT2D eigenvalue weighted by molar-refractivity contribution is 6.09. The molecule has 0 fully saturated rings. The van der Waals surface area contributed by atoms with Gasteiger partial charge in [-0.3, -0.25) is 4.57 Å². The van der Waals surface area contributed by atoms with Gasteiger partial charge in [0.05, 0.1) is 27.6 Å². The Morgan fingerprint density at radius 2 is 1.18 bits per heavy atom. The molecule has 0 bridgehead atoms. The van der Waals surface area contributed by atoms with Crippen molar-refractivity contribution < 1.29 is 0 Å². The van der Waals surface area contributed by atoms with Crippen molar-refractivity contribution in [2.24, 2.45) is 14.1 Å². The molecule has 0 saturated carbocycles. The number of imidazole rings is 2. The summed E-state index contributed by atoms with van der Waals surface area (Å²) in [6, 6.07) is 49.3. The van der Waals surface area contributed by atoms with Crippen LogP contribution in [0.2, 0.25) is 0 Å². The van der Waals surface area contributed by atoms with Gasteiger partial charge in [-0.1, -0.05) is 84.9 Å². The van der Waals surface area contributed by atoms with E-state index in [-0.39, 0.29) is 0 Å². The standard InChI is InChI=1S/C43H30N6/c1-47-38-18-6-5-17-36(38)45-41(47)29-12-7-13-31(24-29)49-40-26-30(19-21-34(40)35-16-9-23-44-43(35)49)42-46-37-25-28(20-22-39(37)48(42)2)33-15-8-11-27-10-3-4-14-32(27)33/h3-26H,1-2H3. The fraction of sp³-hybridized carbons (Fsp3) is 0.0465. The van der Waals surface area contributed by atoms with Gasteiger partial charge in [-0.2, -0.15) is 0 Å². The van der Waals surface area contributed by atoms with Gasteiger partial charge in [-0.15, -0.1) is 0 Å². The number of aromatic nitrogens is 6. The molecule has 10 rings (SSSR count). The summed E-state index contributed by atoms with van der Waals surface area (Å²) in [6.07, 6.45) is 1.87. The Bertz CT molecular complexity index is 2920. The molecule has 10 aromatic rings. The van der Waals surface area contributed by atoms with E-state index in [0.717, 1.165) is 78.0 Å². The number of hydrogen-bond donors (Lipinski definition) is 0. The van der Waals surface area contributed by atoms with E-state index in [4.69, 9.17) is 15.0 Å². The monoisotopic (exact) mass is 630 g/mol. The first-order chi connectivity index (χ1) is 24.1. The second-order valence-electron chi connectivity index (χ2n) is 12.7. The van der Waals surface area contributed by atoms with Crippen molar-refractivity contribution in [2.45, 2.75) is 0 Å². The van der Waals surface area contributed by atoms with Crippen LogP contribution in [-0.4, -0.2) is 28.7 Å². The van der Waals surface area contributed by atoms with E-state index in [1.807, 2.05) is 18.3 Å². The summed E-state index contributed by atoms with van der Waals surface area (Å²) in [4.78, 5) is 15.1. The molecule has 4 aromatic heterocycles. The number of aryl methyl sites for hydroxylation is 2. The summed E-state index contributed by atoms with van der Waals surface area (Å²) in [5.74, 6) is 1.85. The number of benzene rings is 6. The van der Waals surface area contributed by atoms with Gasteiger partial charge in [-0.05, 0) is 76.5 Å². The van der Waals surface area contributed by atoms with E-state index >= 15 is 0 Å². The molecule has 0 saturated heterocycles. The fourth-order valence-corrected chi connectivity index (χ4v) is 7.53. The summed E-state index contributed by atoms with van der Waals surface area (Å²) < 4.78 is 6.62. The maximum Gasteiger partial charge on any atom is 0.145 e. The van der Waals surface area contributed by atoms with Crippen LogP contribution in [0.4, 0.5) is 0 Å². The lowest BCUT2D eigenvalue weighted by Crippen LogP contribution is -1.98. The second kappa shape index (κ2) is 10.5.